The highest BCUT2D eigenvalue weighted by Crippen LogP contribution is 2.45. The lowest BCUT2D eigenvalue weighted by molar-refractivity contribution is -0.277. The Balaban J connectivity index is 1.75. The van der Waals surface area contributed by atoms with Gasteiger partial charge in [-0.1, -0.05) is 0 Å². The maximum atomic E-state index is 12.8. The highest BCUT2D eigenvalue weighted by atomic mass is 16.7. The van der Waals surface area contributed by atoms with Crippen LogP contribution in [0.2, 0.25) is 0 Å². The van der Waals surface area contributed by atoms with Crippen LogP contribution < -0.4 is 20.7 Å². The number of aliphatic hydroxyl groups is 4. The van der Waals surface area contributed by atoms with Gasteiger partial charge in [-0.2, -0.15) is 0 Å². The second-order valence-electron chi connectivity index (χ2n) is 7.75. The highest BCUT2D eigenvalue weighted by molar-refractivity contribution is 6.22. The Morgan fingerprint density at radius 1 is 0.912 bits per heavy atom. The van der Waals surface area contributed by atoms with Gasteiger partial charge in [0, 0.05) is 10.8 Å². The predicted octanol–water partition coefficient (Wildman–Crippen LogP) is -0.911. The Hall–Kier alpha value is -3.62. The molecule has 0 amide bonds. The Bertz CT molecular complexity index is 1520. The maximum Gasteiger partial charge on any atom is 0.344 e. The van der Waals surface area contributed by atoms with E-state index in [4.69, 9.17) is 23.0 Å². The van der Waals surface area contributed by atoms with Gasteiger partial charge in [0.15, 0.2) is 22.7 Å². The Labute approximate surface area is 187 Å². The molecule has 5 atom stereocenters. The van der Waals surface area contributed by atoms with Crippen LogP contribution in [0, 0.1) is 0 Å². The van der Waals surface area contributed by atoms with Crippen LogP contribution in [0.15, 0.2) is 30.6 Å². The van der Waals surface area contributed by atoms with Crippen molar-refractivity contribution in [3.63, 3.8) is 0 Å². The van der Waals surface area contributed by atoms with Crippen molar-refractivity contribution in [1.82, 2.24) is 0 Å². The molecule has 0 spiro atoms. The van der Waals surface area contributed by atoms with Crippen molar-refractivity contribution in [2.75, 3.05) is 13.7 Å². The first kappa shape index (κ1) is 22.2. The average molecular weight is 478 g/mol. The molecule has 0 radical (unpaired) electrons. The summed E-state index contributed by atoms with van der Waals surface area (Å²) in [5, 5.41) is 60.1. The normalized spacial score (nSPS) is 25.4. The minimum absolute atomic E-state index is 0.0159. The summed E-state index contributed by atoms with van der Waals surface area (Å²) >= 11 is 0. The third kappa shape index (κ3) is 2.99. The summed E-state index contributed by atoms with van der Waals surface area (Å²) in [4.78, 5) is 25.4. The summed E-state index contributed by atoms with van der Waals surface area (Å²) in [7, 11) is 1.22. The van der Waals surface area contributed by atoms with Crippen LogP contribution in [0.4, 0.5) is 0 Å². The fourth-order valence-electron chi connectivity index (χ4n) is 4.14. The van der Waals surface area contributed by atoms with Gasteiger partial charge in [-0.05, 0) is 12.1 Å². The van der Waals surface area contributed by atoms with E-state index >= 15 is 0 Å². The lowest BCUT2D eigenvalue weighted by atomic mass is 9.99. The van der Waals surface area contributed by atoms with Crippen molar-refractivity contribution >= 4 is 32.7 Å². The lowest BCUT2D eigenvalue weighted by Crippen LogP contribution is -2.60. The molecule has 13 heteroatoms. The van der Waals surface area contributed by atoms with Crippen LogP contribution >= 0.6 is 0 Å². The van der Waals surface area contributed by atoms with E-state index in [1.807, 2.05) is 0 Å². The van der Waals surface area contributed by atoms with Gasteiger partial charge in [0.05, 0.1) is 24.5 Å². The number of ether oxygens (including phenoxy) is 3. The monoisotopic (exact) mass is 478 g/mol. The molecule has 6 N–H and O–H groups in total. The zero-order valence-corrected chi connectivity index (χ0v) is 17.3. The molecule has 5 rings (SSSR count). The topological polar surface area (TPSA) is 209 Å². The second-order valence-corrected chi connectivity index (χ2v) is 7.75. The first-order valence-corrected chi connectivity index (χ1v) is 9.93. The van der Waals surface area contributed by atoms with Gasteiger partial charge in [-0.3, -0.25) is 0 Å². The average Bonchev–Trinajstić information content (AvgIpc) is 2.81. The molecule has 180 valence electrons. The minimum atomic E-state index is -1.81. The van der Waals surface area contributed by atoms with Gasteiger partial charge in [-0.15, -0.1) is 0 Å². The van der Waals surface area contributed by atoms with Crippen LogP contribution in [0.3, 0.4) is 0 Å². The molecule has 1 saturated heterocycles. The summed E-state index contributed by atoms with van der Waals surface area (Å²) in [6.07, 6.45) is -8.19. The minimum Gasteiger partial charge on any atom is -0.504 e. The third-order valence-corrected chi connectivity index (χ3v) is 5.81. The van der Waals surface area contributed by atoms with E-state index < -0.39 is 71.4 Å². The van der Waals surface area contributed by atoms with E-state index in [9.17, 15) is 40.2 Å². The molecule has 1 unspecified atom stereocenters. The van der Waals surface area contributed by atoms with Gasteiger partial charge < -0.3 is 53.7 Å². The first-order chi connectivity index (χ1) is 16.2. The summed E-state index contributed by atoms with van der Waals surface area (Å²) in [5.74, 6) is -1.91. The molecule has 1 aliphatic rings. The third-order valence-electron chi connectivity index (χ3n) is 5.81. The lowest BCUT2D eigenvalue weighted by Gasteiger charge is -2.39. The highest BCUT2D eigenvalue weighted by Gasteiger charge is 2.45. The van der Waals surface area contributed by atoms with Crippen molar-refractivity contribution in [3.05, 3.63) is 33.0 Å². The molecule has 1 fully saturated rings. The number of benzene rings is 2. The van der Waals surface area contributed by atoms with Gasteiger partial charge in [0.1, 0.15) is 24.4 Å². The van der Waals surface area contributed by atoms with Crippen LogP contribution in [-0.2, 0) is 4.74 Å². The van der Waals surface area contributed by atoms with Crippen LogP contribution in [0.1, 0.15) is 0 Å². The summed E-state index contributed by atoms with van der Waals surface area (Å²) in [5.41, 5.74) is -2.64. The van der Waals surface area contributed by atoms with E-state index in [-0.39, 0.29) is 32.9 Å². The molecule has 0 bridgehead atoms. The number of phenols is 2. The van der Waals surface area contributed by atoms with E-state index in [2.05, 4.69) is 0 Å². The van der Waals surface area contributed by atoms with Gasteiger partial charge >= 0.3 is 11.3 Å². The van der Waals surface area contributed by atoms with Crippen molar-refractivity contribution in [2.45, 2.75) is 30.7 Å². The number of aliphatic hydroxyl groups excluding tert-OH is 4. The number of methoxy groups -OCH3 is 1. The number of hydrogen-bond donors (Lipinski definition) is 6. The van der Waals surface area contributed by atoms with E-state index in [0.29, 0.717) is 0 Å². The largest absolute Gasteiger partial charge is 0.504 e. The molecule has 2 aromatic carbocycles. The van der Waals surface area contributed by atoms with Crippen LogP contribution in [-0.4, -0.2) is 75.1 Å². The molecule has 3 heterocycles. The Morgan fingerprint density at radius 3 is 2.18 bits per heavy atom. The molecule has 1 aliphatic heterocycles. The summed E-state index contributed by atoms with van der Waals surface area (Å²) in [6.45, 7) is -0.718. The van der Waals surface area contributed by atoms with Crippen molar-refractivity contribution in [3.8, 4) is 23.0 Å². The predicted molar refractivity (Wildman–Crippen MR) is 111 cm³/mol. The standard InChI is InChI=1S/C21H18O13/c1-30-16-7(23)2-5-11-10-6(20(29)34-18(11)16)3-8(13(25)17(10)33-19(5)28)31-21-15(27)14(26)12(24)9(4-22)32-21/h2-3,9,12,14-15,21-27H,4H2,1H3/t9-,12-,14+,15-,21?/m1/s1. The number of hydrogen-bond acceptors (Lipinski definition) is 13. The van der Waals surface area contributed by atoms with Crippen LogP contribution in [0.25, 0.3) is 32.7 Å². The van der Waals surface area contributed by atoms with Crippen LogP contribution in [0.5, 0.6) is 23.0 Å². The molecule has 2 aromatic heterocycles. The summed E-state index contributed by atoms with van der Waals surface area (Å²) < 4.78 is 26.3. The molecular formula is C21H18O13. The quantitative estimate of drug-likeness (QED) is 0.155. The van der Waals surface area contributed by atoms with Gasteiger partial charge in [-0.25, -0.2) is 9.59 Å². The van der Waals surface area contributed by atoms with Crippen molar-refractivity contribution in [2.24, 2.45) is 0 Å². The van der Waals surface area contributed by atoms with Crippen molar-refractivity contribution in [1.29, 1.82) is 0 Å². The van der Waals surface area contributed by atoms with Gasteiger partial charge in [0.2, 0.25) is 17.8 Å². The number of rotatable bonds is 4. The Morgan fingerprint density at radius 2 is 1.53 bits per heavy atom. The molecule has 0 saturated carbocycles. The zero-order valence-electron chi connectivity index (χ0n) is 17.3. The SMILES string of the molecule is COc1c(O)cc2c(=O)oc3c(O)c(OC4O[C@H](CO)[C@@H](O)[C@H](O)[C@H]4O)cc4c(=O)oc1c2c34. The molecule has 4 aromatic rings. The van der Waals surface area contributed by atoms with Crippen molar-refractivity contribution < 1.29 is 53.7 Å². The number of aromatic hydroxyl groups is 2. The Kier molecular flexibility index (Phi) is 5.03. The van der Waals surface area contributed by atoms with E-state index in [0.717, 1.165) is 12.1 Å². The molecule has 0 aliphatic carbocycles. The molecular weight excluding hydrogens is 460 g/mol. The second kappa shape index (κ2) is 7.72. The fraction of sp³-hybridized carbons (Fsp3) is 0.333. The first-order valence-electron chi connectivity index (χ1n) is 9.93. The zero-order chi connectivity index (χ0) is 24.5. The van der Waals surface area contributed by atoms with E-state index in [1.165, 1.54) is 7.11 Å². The number of phenolic OH excluding ortho intramolecular Hbond substituents is 2. The fourth-order valence-corrected chi connectivity index (χ4v) is 4.14. The molecule has 13 nitrogen and oxygen atoms in total. The maximum absolute atomic E-state index is 12.8. The molecule has 34 heavy (non-hydrogen) atoms. The summed E-state index contributed by atoms with van der Waals surface area (Å²) in [6, 6.07) is 2.12. The van der Waals surface area contributed by atoms with E-state index in [1.54, 1.807) is 0 Å². The van der Waals surface area contributed by atoms with Gasteiger partial charge in [0.25, 0.3) is 0 Å². The smallest absolute Gasteiger partial charge is 0.344 e.